The summed E-state index contributed by atoms with van der Waals surface area (Å²) in [6.45, 7) is 10.6. The molecule has 0 amide bonds. The van der Waals surface area contributed by atoms with Gasteiger partial charge in [0, 0.05) is 5.56 Å². The van der Waals surface area contributed by atoms with Gasteiger partial charge in [-0.25, -0.2) is 8.78 Å². The average molecular weight is 475 g/mol. The van der Waals surface area contributed by atoms with Crippen LogP contribution in [0.15, 0.2) is 72.7 Å². The Morgan fingerprint density at radius 3 is 2.03 bits per heavy atom. The van der Waals surface area contributed by atoms with Crippen molar-refractivity contribution in [3.05, 3.63) is 95.5 Å². The molecule has 3 rings (SSSR count). The lowest BCUT2D eigenvalue weighted by Gasteiger charge is -2.27. The smallest absolute Gasteiger partial charge is 0.203 e. The monoisotopic (exact) mass is 474 g/mol. The molecular formula is C28H30F4O2. The molecule has 0 unspecified atom stereocenters. The minimum atomic E-state index is -1.29. The molecule has 34 heavy (non-hydrogen) atoms. The quantitative estimate of drug-likeness (QED) is 0.206. The van der Waals surface area contributed by atoms with Gasteiger partial charge in [-0.05, 0) is 48.3 Å². The molecule has 0 aromatic heterocycles. The molecule has 1 saturated carbocycles. The first-order valence-electron chi connectivity index (χ1n) is 11.5. The fourth-order valence-electron chi connectivity index (χ4n) is 4.17. The van der Waals surface area contributed by atoms with Gasteiger partial charge < -0.3 is 9.47 Å². The third-order valence-corrected chi connectivity index (χ3v) is 6.25. The average Bonchev–Trinajstić information content (AvgIpc) is 2.84. The van der Waals surface area contributed by atoms with Gasteiger partial charge in [-0.3, -0.25) is 0 Å². The highest BCUT2D eigenvalue weighted by molar-refractivity contribution is 5.65. The molecule has 0 N–H and O–H groups in total. The summed E-state index contributed by atoms with van der Waals surface area (Å²) in [5.74, 6) is -4.45. The van der Waals surface area contributed by atoms with Crippen molar-refractivity contribution >= 4 is 0 Å². The maximum atomic E-state index is 14.9. The second kappa shape index (κ2) is 11.4. The zero-order chi connectivity index (χ0) is 24.8. The van der Waals surface area contributed by atoms with E-state index in [1.165, 1.54) is 0 Å². The molecule has 0 spiro atoms. The van der Waals surface area contributed by atoms with Crippen LogP contribution in [0.1, 0.15) is 56.6 Å². The van der Waals surface area contributed by atoms with E-state index in [0.717, 1.165) is 25.7 Å². The molecule has 1 aliphatic rings. The van der Waals surface area contributed by atoms with Gasteiger partial charge >= 0.3 is 0 Å². The van der Waals surface area contributed by atoms with E-state index in [0.29, 0.717) is 22.6 Å². The van der Waals surface area contributed by atoms with Crippen LogP contribution in [0.4, 0.5) is 17.6 Å². The van der Waals surface area contributed by atoms with Gasteiger partial charge in [0.05, 0.1) is 6.61 Å². The predicted molar refractivity (Wildman–Crippen MR) is 126 cm³/mol. The zero-order valence-electron chi connectivity index (χ0n) is 19.6. The molecule has 0 saturated heterocycles. The van der Waals surface area contributed by atoms with Crippen LogP contribution in [0.3, 0.4) is 0 Å². The summed E-state index contributed by atoms with van der Waals surface area (Å²) in [6, 6.07) is 9.86. The minimum Gasteiger partial charge on any atom is -0.491 e. The molecule has 2 nitrogen and oxygen atoms in total. The van der Waals surface area contributed by atoms with E-state index < -0.39 is 34.8 Å². The van der Waals surface area contributed by atoms with Gasteiger partial charge in [0.1, 0.15) is 6.61 Å². The van der Waals surface area contributed by atoms with Crippen molar-refractivity contribution < 1.29 is 27.0 Å². The lowest BCUT2D eigenvalue weighted by atomic mass is 9.79. The van der Waals surface area contributed by atoms with E-state index in [2.05, 4.69) is 20.1 Å². The summed E-state index contributed by atoms with van der Waals surface area (Å²) in [5.41, 5.74) is 1.75. The highest BCUT2D eigenvalue weighted by Gasteiger charge is 2.25. The summed E-state index contributed by atoms with van der Waals surface area (Å²) in [7, 11) is 0. The Balaban J connectivity index is 1.67. The maximum absolute atomic E-state index is 14.9. The van der Waals surface area contributed by atoms with Crippen molar-refractivity contribution in [3.8, 4) is 11.1 Å². The Hall–Kier alpha value is -3.02. The van der Waals surface area contributed by atoms with Crippen molar-refractivity contribution in [2.75, 3.05) is 6.61 Å². The van der Waals surface area contributed by atoms with Crippen molar-refractivity contribution in [1.29, 1.82) is 0 Å². The van der Waals surface area contributed by atoms with Crippen molar-refractivity contribution in [1.82, 2.24) is 0 Å². The third kappa shape index (κ3) is 5.91. The highest BCUT2D eigenvalue weighted by atomic mass is 19.2. The van der Waals surface area contributed by atoms with Gasteiger partial charge in [0.2, 0.25) is 11.7 Å². The van der Waals surface area contributed by atoms with Crippen LogP contribution in [-0.2, 0) is 16.1 Å². The zero-order valence-corrected chi connectivity index (χ0v) is 19.6. The highest BCUT2D eigenvalue weighted by Crippen LogP contribution is 2.38. The Labute approximate surface area is 198 Å². The molecule has 2 aromatic rings. The maximum Gasteiger partial charge on any atom is 0.203 e. The number of halogens is 4. The summed E-state index contributed by atoms with van der Waals surface area (Å²) in [4.78, 5) is 0. The number of allylic oxidation sites excluding steroid dienone is 2. The minimum absolute atomic E-state index is 0.0531. The van der Waals surface area contributed by atoms with Gasteiger partial charge in [-0.15, -0.1) is 0 Å². The third-order valence-electron chi connectivity index (χ3n) is 6.25. The van der Waals surface area contributed by atoms with Gasteiger partial charge in [0.25, 0.3) is 0 Å². The van der Waals surface area contributed by atoms with E-state index in [4.69, 9.17) is 9.47 Å². The fourth-order valence-corrected chi connectivity index (χ4v) is 4.17. The van der Waals surface area contributed by atoms with Crippen LogP contribution in [0.2, 0.25) is 0 Å². The van der Waals surface area contributed by atoms with Crippen LogP contribution in [0.5, 0.6) is 0 Å². The van der Waals surface area contributed by atoms with Gasteiger partial charge in [-0.2, -0.15) is 8.78 Å². The first-order valence-corrected chi connectivity index (χ1v) is 11.5. The van der Waals surface area contributed by atoms with Gasteiger partial charge in [-0.1, -0.05) is 69.3 Å². The van der Waals surface area contributed by atoms with Crippen molar-refractivity contribution in [2.45, 2.75) is 52.1 Å². The van der Waals surface area contributed by atoms with E-state index in [1.807, 2.05) is 0 Å². The fraction of sp³-hybridized carbons (Fsp3) is 0.357. The summed E-state index contributed by atoms with van der Waals surface area (Å²) < 4.78 is 67.8. The Bertz CT molecular complexity index is 1060. The molecule has 0 atom stereocenters. The second-order valence-electron chi connectivity index (χ2n) is 8.68. The summed E-state index contributed by atoms with van der Waals surface area (Å²) >= 11 is 0. The van der Waals surface area contributed by atoms with Crippen LogP contribution >= 0.6 is 0 Å². The number of ether oxygens (including phenoxy) is 2. The van der Waals surface area contributed by atoms with E-state index >= 15 is 0 Å². The lowest BCUT2D eigenvalue weighted by molar-refractivity contribution is 0.189. The molecular weight excluding hydrogens is 444 g/mol. The van der Waals surface area contributed by atoms with Crippen LogP contribution < -0.4 is 0 Å². The van der Waals surface area contributed by atoms with E-state index in [-0.39, 0.29) is 24.7 Å². The normalized spacial score (nSPS) is 18.8. The van der Waals surface area contributed by atoms with Crippen molar-refractivity contribution in [2.24, 2.45) is 5.92 Å². The number of rotatable bonds is 9. The number of benzene rings is 2. The number of hydrogen-bond acceptors (Lipinski definition) is 2. The molecule has 182 valence electrons. The molecule has 6 heteroatoms. The Kier molecular flexibility index (Phi) is 8.59. The molecule has 0 bridgehead atoms. The Morgan fingerprint density at radius 1 is 0.853 bits per heavy atom. The second-order valence-corrected chi connectivity index (χ2v) is 8.68. The first kappa shape index (κ1) is 25.6. The predicted octanol–water partition coefficient (Wildman–Crippen LogP) is 8.66. The largest absolute Gasteiger partial charge is 0.491 e. The molecule has 1 fully saturated rings. The van der Waals surface area contributed by atoms with E-state index in [9.17, 15) is 17.6 Å². The number of hydrogen-bond donors (Lipinski definition) is 0. The van der Waals surface area contributed by atoms with Crippen molar-refractivity contribution in [3.63, 3.8) is 0 Å². The summed E-state index contributed by atoms with van der Waals surface area (Å²) in [6.07, 6.45) is 3.79. The van der Waals surface area contributed by atoms with Crippen LogP contribution in [0, 0.1) is 17.6 Å². The molecule has 0 radical (unpaired) electrons. The van der Waals surface area contributed by atoms with Crippen LogP contribution in [-0.4, -0.2) is 6.61 Å². The van der Waals surface area contributed by atoms with Gasteiger partial charge in [0.15, 0.2) is 23.2 Å². The van der Waals surface area contributed by atoms with E-state index in [1.54, 1.807) is 43.3 Å². The standard InChI is InChI=1S/C28H30F4O2/c1-5-33-18(3)25(29)26(30)19(4)34-16-20-8-12-22(13-9-20)24-15-14-23(27(31)28(24)32)21-10-6-17(2)7-11-21/h8-9,12-15,17,21H,3-7,10-11,16H2,1-2H3/b26-25-. The molecule has 2 aromatic carbocycles. The SMILES string of the molecule is C=C(OCC)/C(F)=C(/F)C(=C)OCc1ccc(-c2ccc(C3CCC(C)CC3)c(F)c2F)cc1. The molecule has 1 aliphatic carbocycles. The topological polar surface area (TPSA) is 18.5 Å². The lowest BCUT2D eigenvalue weighted by Crippen LogP contribution is -2.13. The molecule has 0 heterocycles. The first-order chi connectivity index (χ1) is 16.2. The Morgan fingerprint density at radius 2 is 1.44 bits per heavy atom. The van der Waals surface area contributed by atoms with Crippen LogP contribution in [0.25, 0.3) is 11.1 Å². The molecule has 0 aliphatic heterocycles. The summed E-state index contributed by atoms with van der Waals surface area (Å²) in [5, 5.41) is 0.